The predicted octanol–water partition coefficient (Wildman–Crippen LogP) is 2.39. The normalized spacial score (nSPS) is 10.3. The number of nitrogens with one attached hydrogen (secondary N) is 1. The Morgan fingerprint density at radius 3 is 2.50 bits per heavy atom. The number of hydrogen-bond donors (Lipinski definition) is 2. The van der Waals surface area contributed by atoms with Crippen molar-refractivity contribution in [2.45, 2.75) is 13.2 Å². The van der Waals surface area contributed by atoms with Crippen LogP contribution in [0.4, 0.5) is 8.78 Å². The van der Waals surface area contributed by atoms with Crippen molar-refractivity contribution in [2.24, 2.45) is 0 Å². The van der Waals surface area contributed by atoms with Gasteiger partial charge in [0.15, 0.2) is 0 Å². The molecule has 0 aliphatic rings. The Balaban J connectivity index is 2.11. The van der Waals surface area contributed by atoms with Crippen molar-refractivity contribution in [1.29, 1.82) is 0 Å². The lowest BCUT2D eigenvalue weighted by atomic mass is 10.1. The maximum Gasteiger partial charge on any atom is 0.254 e. The number of aliphatic hydroxyl groups is 1. The molecule has 3 nitrogen and oxygen atoms in total. The van der Waals surface area contributed by atoms with Gasteiger partial charge in [-0.2, -0.15) is 0 Å². The van der Waals surface area contributed by atoms with Gasteiger partial charge in [0.05, 0.1) is 12.2 Å². The van der Waals surface area contributed by atoms with Crippen LogP contribution in [0.25, 0.3) is 0 Å². The van der Waals surface area contributed by atoms with E-state index in [1.54, 1.807) is 24.3 Å². The number of benzene rings is 2. The zero-order chi connectivity index (χ0) is 14.5. The van der Waals surface area contributed by atoms with E-state index in [1.807, 2.05) is 0 Å². The average molecular weight is 277 g/mol. The molecule has 0 fully saturated rings. The molecular weight excluding hydrogens is 264 g/mol. The zero-order valence-corrected chi connectivity index (χ0v) is 10.6. The average Bonchev–Trinajstić information content (AvgIpc) is 2.47. The summed E-state index contributed by atoms with van der Waals surface area (Å²) in [7, 11) is 0. The SMILES string of the molecule is O=C(NCc1ccccc1CO)c1cc(F)ccc1F. The second-order valence-corrected chi connectivity index (χ2v) is 4.23. The van der Waals surface area contributed by atoms with Gasteiger partial charge >= 0.3 is 0 Å². The van der Waals surface area contributed by atoms with Crippen LogP contribution in [0, 0.1) is 11.6 Å². The Morgan fingerprint density at radius 1 is 1.10 bits per heavy atom. The summed E-state index contributed by atoms with van der Waals surface area (Å²) in [6, 6.07) is 9.71. The van der Waals surface area contributed by atoms with Crippen LogP contribution in [0.15, 0.2) is 42.5 Å². The lowest BCUT2D eigenvalue weighted by Gasteiger charge is -2.09. The lowest BCUT2D eigenvalue weighted by molar-refractivity contribution is 0.0946. The number of carbonyl (C=O) groups is 1. The first-order valence-electron chi connectivity index (χ1n) is 6.02. The molecule has 0 aliphatic heterocycles. The van der Waals surface area contributed by atoms with Gasteiger partial charge in [0.25, 0.3) is 5.91 Å². The van der Waals surface area contributed by atoms with E-state index in [2.05, 4.69) is 5.32 Å². The summed E-state index contributed by atoms with van der Waals surface area (Å²) in [4.78, 5) is 11.8. The molecule has 5 heteroatoms. The van der Waals surface area contributed by atoms with Gasteiger partial charge in [0.1, 0.15) is 11.6 Å². The quantitative estimate of drug-likeness (QED) is 0.901. The number of halogens is 2. The number of hydrogen-bond acceptors (Lipinski definition) is 2. The van der Waals surface area contributed by atoms with Crippen LogP contribution in [0.1, 0.15) is 21.5 Å². The standard InChI is InChI=1S/C15H13F2NO2/c16-12-5-6-14(17)13(7-12)15(20)18-8-10-3-1-2-4-11(10)9-19/h1-7,19H,8-9H2,(H,18,20). The maximum atomic E-state index is 13.4. The van der Waals surface area contributed by atoms with Crippen molar-refractivity contribution in [2.75, 3.05) is 0 Å². The molecule has 0 aliphatic carbocycles. The second kappa shape index (κ2) is 6.25. The number of aliphatic hydroxyl groups excluding tert-OH is 1. The van der Waals surface area contributed by atoms with Gasteiger partial charge in [-0.05, 0) is 29.3 Å². The first kappa shape index (κ1) is 14.1. The smallest absolute Gasteiger partial charge is 0.254 e. The first-order chi connectivity index (χ1) is 9.61. The van der Waals surface area contributed by atoms with Crippen molar-refractivity contribution in [3.05, 3.63) is 70.8 Å². The van der Waals surface area contributed by atoms with Crippen LogP contribution in [-0.2, 0) is 13.2 Å². The number of carbonyl (C=O) groups excluding carboxylic acids is 1. The third-order valence-electron chi connectivity index (χ3n) is 2.90. The summed E-state index contributed by atoms with van der Waals surface area (Å²) in [6.07, 6.45) is 0. The zero-order valence-electron chi connectivity index (χ0n) is 10.6. The largest absolute Gasteiger partial charge is 0.392 e. The minimum absolute atomic E-state index is 0.130. The monoisotopic (exact) mass is 277 g/mol. The molecule has 0 atom stereocenters. The van der Waals surface area contributed by atoms with Crippen LogP contribution >= 0.6 is 0 Å². The summed E-state index contributed by atoms with van der Waals surface area (Å²) < 4.78 is 26.4. The third-order valence-corrected chi connectivity index (χ3v) is 2.90. The summed E-state index contributed by atoms with van der Waals surface area (Å²) in [5.74, 6) is -2.15. The van der Waals surface area contributed by atoms with E-state index in [-0.39, 0.29) is 18.7 Å². The molecule has 20 heavy (non-hydrogen) atoms. The van der Waals surface area contributed by atoms with Crippen LogP contribution in [0.3, 0.4) is 0 Å². The molecule has 2 rings (SSSR count). The number of amides is 1. The molecule has 0 unspecified atom stereocenters. The molecule has 0 bridgehead atoms. The Morgan fingerprint density at radius 2 is 1.80 bits per heavy atom. The fraction of sp³-hybridized carbons (Fsp3) is 0.133. The first-order valence-corrected chi connectivity index (χ1v) is 6.02. The molecule has 0 spiro atoms. The summed E-state index contributed by atoms with van der Waals surface area (Å²) >= 11 is 0. The van der Waals surface area contributed by atoms with E-state index in [9.17, 15) is 13.6 Å². The van der Waals surface area contributed by atoms with Gasteiger partial charge in [-0.1, -0.05) is 24.3 Å². The highest BCUT2D eigenvalue weighted by atomic mass is 19.1. The van der Waals surface area contributed by atoms with Gasteiger partial charge in [-0.3, -0.25) is 4.79 Å². The number of rotatable bonds is 4. The Labute approximate surface area is 114 Å². The highest BCUT2D eigenvalue weighted by molar-refractivity contribution is 5.94. The molecule has 0 heterocycles. The van der Waals surface area contributed by atoms with Crippen LogP contribution in [0.2, 0.25) is 0 Å². The van der Waals surface area contributed by atoms with Gasteiger partial charge in [-0.25, -0.2) is 8.78 Å². The van der Waals surface area contributed by atoms with E-state index in [4.69, 9.17) is 5.11 Å². The van der Waals surface area contributed by atoms with Gasteiger partial charge < -0.3 is 10.4 Å². The van der Waals surface area contributed by atoms with E-state index >= 15 is 0 Å². The fourth-order valence-corrected chi connectivity index (χ4v) is 1.83. The molecule has 2 aromatic rings. The van der Waals surface area contributed by atoms with Crippen molar-refractivity contribution < 1.29 is 18.7 Å². The van der Waals surface area contributed by atoms with E-state index in [0.29, 0.717) is 5.56 Å². The Kier molecular flexibility index (Phi) is 4.42. The highest BCUT2D eigenvalue weighted by Crippen LogP contribution is 2.11. The lowest BCUT2D eigenvalue weighted by Crippen LogP contribution is -2.24. The predicted molar refractivity (Wildman–Crippen MR) is 69.9 cm³/mol. The molecule has 0 saturated heterocycles. The molecule has 104 valence electrons. The molecule has 2 N–H and O–H groups in total. The molecular formula is C15H13F2NO2. The summed E-state index contributed by atoms with van der Waals surface area (Å²) in [5, 5.41) is 11.7. The Bertz CT molecular complexity index is 629. The van der Waals surface area contributed by atoms with Crippen LogP contribution < -0.4 is 5.32 Å². The van der Waals surface area contributed by atoms with Crippen molar-refractivity contribution in [1.82, 2.24) is 5.32 Å². The minimum atomic E-state index is -0.778. The summed E-state index contributed by atoms with van der Waals surface area (Å²) in [6.45, 7) is -0.0219. The van der Waals surface area contributed by atoms with E-state index < -0.39 is 17.5 Å². The van der Waals surface area contributed by atoms with Crippen molar-refractivity contribution >= 4 is 5.91 Å². The topological polar surface area (TPSA) is 49.3 Å². The molecule has 1 amide bonds. The second-order valence-electron chi connectivity index (χ2n) is 4.23. The third kappa shape index (κ3) is 3.19. The van der Waals surface area contributed by atoms with Gasteiger partial charge in [0.2, 0.25) is 0 Å². The molecule has 0 saturated carbocycles. The molecule has 0 aromatic heterocycles. The Hall–Kier alpha value is -2.27. The summed E-state index contributed by atoms with van der Waals surface area (Å²) in [5.41, 5.74) is 1.05. The van der Waals surface area contributed by atoms with Gasteiger partial charge in [0, 0.05) is 6.54 Å². The maximum absolute atomic E-state index is 13.4. The van der Waals surface area contributed by atoms with Crippen molar-refractivity contribution in [3.8, 4) is 0 Å². The van der Waals surface area contributed by atoms with Crippen LogP contribution in [-0.4, -0.2) is 11.0 Å². The van der Waals surface area contributed by atoms with E-state index in [1.165, 1.54) is 0 Å². The van der Waals surface area contributed by atoms with Gasteiger partial charge in [-0.15, -0.1) is 0 Å². The fourth-order valence-electron chi connectivity index (χ4n) is 1.83. The highest BCUT2D eigenvalue weighted by Gasteiger charge is 2.13. The van der Waals surface area contributed by atoms with Crippen molar-refractivity contribution in [3.63, 3.8) is 0 Å². The molecule has 0 radical (unpaired) electrons. The van der Waals surface area contributed by atoms with Crippen LogP contribution in [0.5, 0.6) is 0 Å². The minimum Gasteiger partial charge on any atom is -0.392 e. The van der Waals surface area contributed by atoms with E-state index in [0.717, 1.165) is 23.8 Å². The molecule has 2 aromatic carbocycles.